The normalized spacial score (nSPS) is 23.0. The lowest BCUT2D eigenvalue weighted by Gasteiger charge is -2.42. The van der Waals surface area contributed by atoms with Gasteiger partial charge in [0.1, 0.15) is 17.7 Å². The number of ether oxygens (including phenoxy) is 1. The van der Waals surface area contributed by atoms with Crippen LogP contribution in [0.3, 0.4) is 0 Å². The number of hydrogen-bond donors (Lipinski definition) is 2. The van der Waals surface area contributed by atoms with Crippen LogP contribution in [0.15, 0.2) is 48.7 Å². The van der Waals surface area contributed by atoms with Crippen molar-refractivity contribution in [2.24, 2.45) is 0 Å². The highest BCUT2D eigenvalue weighted by Gasteiger charge is 2.29. The van der Waals surface area contributed by atoms with Gasteiger partial charge in [-0.3, -0.25) is 9.88 Å². The molecule has 9 heteroatoms. The maximum atomic E-state index is 9.51. The van der Waals surface area contributed by atoms with E-state index in [0.29, 0.717) is 11.6 Å². The third kappa shape index (κ3) is 5.18. The SMILES string of the molecule is C[C@@H]1CN(c2ccc(C#N)c3ncccc23)C[C@H](CN2CCN(c3cccc(NC4CNC4)n3)CC2)O1. The van der Waals surface area contributed by atoms with Crippen LogP contribution in [0.25, 0.3) is 10.9 Å². The van der Waals surface area contributed by atoms with Crippen LogP contribution in [-0.4, -0.2) is 92.0 Å². The fourth-order valence-corrected chi connectivity index (χ4v) is 5.59. The first kappa shape index (κ1) is 23.9. The van der Waals surface area contributed by atoms with E-state index < -0.39 is 0 Å². The van der Waals surface area contributed by atoms with E-state index in [2.05, 4.69) is 73.6 Å². The molecule has 37 heavy (non-hydrogen) atoms. The summed E-state index contributed by atoms with van der Waals surface area (Å²) >= 11 is 0. The molecule has 192 valence electrons. The van der Waals surface area contributed by atoms with Crippen molar-refractivity contribution < 1.29 is 4.74 Å². The van der Waals surface area contributed by atoms with Gasteiger partial charge < -0.3 is 25.2 Å². The maximum absolute atomic E-state index is 9.51. The molecule has 2 aromatic heterocycles. The molecular formula is C28H34N8O. The van der Waals surface area contributed by atoms with Gasteiger partial charge in [0.25, 0.3) is 0 Å². The molecule has 1 aromatic carbocycles. The van der Waals surface area contributed by atoms with Gasteiger partial charge in [-0.2, -0.15) is 5.26 Å². The molecule has 0 radical (unpaired) electrons. The zero-order valence-electron chi connectivity index (χ0n) is 21.3. The Labute approximate surface area is 218 Å². The molecule has 3 aliphatic rings. The van der Waals surface area contributed by atoms with Gasteiger partial charge in [-0.05, 0) is 43.3 Å². The molecule has 3 aromatic rings. The summed E-state index contributed by atoms with van der Waals surface area (Å²) in [7, 11) is 0. The average Bonchev–Trinajstić information content (AvgIpc) is 2.90. The van der Waals surface area contributed by atoms with Gasteiger partial charge in [0.15, 0.2) is 0 Å². The topological polar surface area (TPSA) is 92.6 Å². The monoisotopic (exact) mass is 498 g/mol. The Morgan fingerprint density at radius 3 is 2.70 bits per heavy atom. The Bertz CT molecular complexity index is 1280. The van der Waals surface area contributed by atoms with Crippen molar-refractivity contribution in [3.05, 3.63) is 54.2 Å². The summed E-state index contributed by atoms with van der Waals surface area (Å²) in [5, 5.41) is 17.3. The number of aromatic nitrogens is 2. The second-order valence-corrected chi connectivity index (χ2v) is 10.3. The minimum Gasteiger partial charge on any atom is -0.370 e. The van der Waals surface area contributed by atoms with E-state index in [1.807, 2.05) is 12.1 Å². The van der Waals surface area contributed by atoms with Crippen molar-refractivity contribution in [2.75, 3.05) is 74.0 Å². The van der Waals surface area contributed by atoms with Crippen LogP contribution in [0.2, 0.25) is 0 Å². The predicted molar refractivity (Wildman–Crippen MR) is 146 cm³/mol. The van der Waals surface area contributed by atoms with Crippen LogP contribution < -0.4 is 20.4 Å². The Balaban J connectivity index is 1.08. The molecule has 3 saturated heterocycles. The van der Waals surface area contributed by atoms with E-state index >= 15 is 0 Å². The van der Waals surface area contributed by atoms with Gasteiger partial charge in [-0.25, -0.2) is 4.98 Å². The van der Waals surface area contributed by atoms with Crippen LogP contribution in [0.4, 0.5) is 17.3 Å². The Kier molecular flexibility index (Phi) is 6.79. The van der Waals surface area contributed by atoms with Gasteiger partial charge in [0, 0.05) is 76.2 Å². The number of nitrogens with one attached hydrogen (secondary N) is 2. The minimum absolute atomic E-state index is 0.124. The van der Waals surface area contributed by atoms with E-state index in [0.717, 1.165) is 87.1 Å². The van der Waals surface area contributed by atoms with Crippen molar-refractivity contribution in [1.29, 1.82) is 5.26 Å². The third-order valence-electron chi connectivity index (χ3n) is 7.56. The average molecular weight is 499 g/mol. The van der Waals surface area contributed by atoms with E-state index in [1.54, 1.807) is 6.20 Å². The first-order valence-corrected chi connectivity index (χ1v) is 13.3. The highest BCUT2D eigenvalue weighted by atomic mass is 16.5. The summed E-state index contributed by atoms with van der Waals surface area (Å²) in [4.78, 5) is 16.7. The molecule has 5 heterocycles. The van der Waals surface area contributed by atoms with E-state index in [1.165, 1.54) is 0 Å². The first-order valence-electron chi connectivity index (χ1n) is 13.3. The molecule has 3 aliphatic heterocycles. The minimum atomic E-state index is 0.124. The molecule has 0 amide bonds. The number of benzene rings is 1. The van der Waals surface area contributed by atoms with E-state index in [9.17, 15) is 5.26 Å². The van der Waals surface area contributed by atoms with Gasteiger partial charge >= 0.3 is 0 Å². The molecule has 3 fully saturated rings. The number of piperazine rings is 1. The zero-order chi connectivity index (χ0) is 25.2. The van der Waals surface area contributed by atoms with Gasteiger partial charge in [0.2, 0.25) is 0 Å². The third-order valence-corrected chi connectivity index (χ3v) is 7.56. The smallest absolute Gasteiger partial charge is 0.131 e. The molecule has 0 unspecified atom stereocenters. The second kappa shape index (κ2) is 10.5. The molecule has 9 nitrogen and oxygen atoms in total. The summed E-state index contributed by atoms with van der Waals surface area (Å²) in [5.74, 6) is 2.01. The molecular weight excluding hydrogens is 464 g/mol. The highest BCUT2D eigenvalue weighted by Crippen LogP contribution is 2.30. The van der Waals surface area contributed by atoms with Gasteiger partial charge in [0.05, 0.1) is 29.3 Å². The van der Waals surface area contributed by atoms with Crippen molar-refractivity contribution >= 4 is 28.2 Å². The fourth-order valence-electron chi connectivity index (χ4n) is 5.59. The number of fused-ring (bicyclic) bond motifs is 1. The predicted octanol–water partition coefficient (Wildman–Crippen LogP) is 2.30. The number of morpholine rings is 1. The number of pyridine rings is 2. The van der Waals surface area contributed by atoms with Crippen LogP contribution in [0.5, 0.6) is 0 Å². The fraction of sp³-hybridized carbons (Fsp3) is 0.464. The van der Waals surface area contributed by atoms with Gasteiger partial charge in [-0.15, -0.1) is 0 Å². The lowest BCUT2D eigenvalue weighted by molar-refractivity contribution is -0.0327. The summed E-state index contributed by atoms with van der Waals surface area (Å²) in [5.41, 5.74) is 2.52. The Hall–Kier alpha value is -3.45. The van der Waals surface area contributed by atoms with Crippen LogP contribution >= 0.6 is 0 Å². The maximum Gasteiger partial charge on any atom is 0.131 e. The Morgan fingerprint density at radius 1 is 1.05 bits per heavy atom. The number of nitrogens with zero attached hydrogens (tertiary/aromatic N) is 6. The Morgan fingerprint density at radius 2 is 1.92 bits per heavy atom. The van der Waals surface area contributed by atoms with Gasteiger partial charge in [-0.1, -0.05) is 6.07 Å². The summed E-state index contributed by atoms with van der Waals surface area (Å²) in [6.45, 7) is 10.6. The quantitative estimate of drug-likeness (QED) is 0.531. The lowest BCUT2D eigenvalue weighted by Crippen LogP contribution is -2.54. The molecule has 0 bridgehead atoms. The number of nitriles is 1. The molecule has 2 atom stereocenters. The van der Waals surface area contributed by atoms with Crippen molar-refractivity contribution in [1.82, 2.24) is 20.2 Å². The molecule has 0 spiro atoms. The van der Waals surface area contributed by atoms with Crippen LogP contribution in [0, 0.1) is 11.3 Å². The van der Waals surface area contributed by atoms with Crippen molar-refractivity contribution in [3.8, 4) is 6.07 Å². The lowest BCUT2D eigenvalue weighted by atomic mass is 10.1. The summed E-state index contributed by atoms with van der Waals surface area (Å²) in [6.07, 6.45) is 2.01. The summed E-state index contributed by atoms with van der Waals surface area (Å²) in [6, 6.07) is 17.0. The standard InChI is InChI=1S/C28H34N8O/c1-20-17-36(25-8-7-21(14-29)28-24(25)4-3-9-31-28)19-23(37-20)18-34-10-12-35(13-11-34)27-6-2-5-26(33-27)32-22-15-30-16-22/h2-9,20,22-23,30H,10-13,15-19H2,1H3,(H,32,33)/t20-,23+/m1/s1. The number of hydrogen-bond acceptors (Lipinski definition) is 9. The number of rotatable bonds is 6. The first-order chi connectivity index (χ1) is 18.2. The van der Waals surface area contributed by atoms with E-state index in [4.69, 9.17) is 9.72 Å². The second-order valence-electron chi connectivity index (χ2n) is 10.3. The zero-order valence-corrected chi connectivity index (χ0v) is 21.3. The van der Waals surface area contributed by atoms with E-state index in [-0.39, 0.29) is 12.2 Å². The molecule has 0 saturated carbocycles. The molecule has 2 N–H and O–H groups in total. The van der Waals surface area contributed by atoms with Crippen molar-refractivity contribution in [3.63, 3.8) is 0 Å². The molecule has 0 aliphatic carbocycles. The largest absolute Gasteiger partial charge is 0.370 e. The van der Waals surface area contributed by atoms with Crippen LogP contribution in [0.1, 0.15) is 12.5 Å². The van der Waals surface area contributed by atoms with Crippen LogP contribution in [-0.2, 0) is 4.74 Å². The van der Waals surface area contributed by atoms with Crippen molar-refractivity contribution in [2.45, 2.75) is 25.2 Å². The number of anilines is 3. The summed E-state index contributed by atoms with van der Waals surface area (Å²) < 4.78 is 6.39. The highest BCUT2D eigenvalue weighted by molar-refractivity contribution is 5.95. The molecule has 6 rings (SSSR count).